The number of nitrogens with zero attached hydrogens (tertiary/aromatic N) is 5. The molecule has 3 aromatic rings. The molecule has 1 atom stereocenters. The van der Waals surface area contributed by atoms with E-state index in [2.05, 4.69) is 25.0 Å². The standard InChI is InChI=1S/C26H30N6O2S/c1-19-16-24(33)27-21-12-6-7-13-22(21)31(19)25(34)18-35-26-29-28-23(17-30-14-8-3-9-15-30)32(26)20-10-4-2-5-11-20/h2,4-7,10-13,19H,3,8-9,14-18H2,1H3,(H,27,33). The largest absolute Gasteiger partial charge is 0.324 e. The summed E-state index contributed by atoms with van der Waals surface area (Å²) < 4.78 is 2.07. The number of nitrogens with one attached hydrogen (secondary N) is 1. The molecule has 0 aliphatic carbocycles. The zero-order valence-electron chi connectivity index (χ0n) is 19.9. The normalized spacial score (nSPS) is 18.6. The zero-order valence-corrected chi connectivity index (χ0v) is 20.7. The van der Waals surface area contributed by atoms with Crippen molar-refractivity contribution < 1.29 is 9.59 Å². The number of para-hydroxylation sites is 3. The predicted octanol–water partition coefficient (Wildman–Crippen LogP) is 4.11. The van der Waals surface area contributed by atoms with Crippen molar-refractivity contribution in [3.05, 3.63) is 60.4 Å². The van der Waals surface area contributed by atoms with Crippen LogP contribution in [0.4, 0.5) is 11.4 Å². The number of piperidine rings is 1. The fourth-order valence-electron chi connectivity index (χ4n) is 4.81. The van der Waals surface area contributed by atoms with Gasteiger partial charge in [0.15, 0.2) is 11.0 Å². The van der Waals surface area contributed by atoms with Gasteiger partial charge < -0.3 is 10.2 Å². The van der Waals surface area contributed by atoms with Gasteiger partial charge in [-0.05, 0) is 57.1 Å². The second-order valence-electron chi connectivity index (χ2n) is 9.08. The molecule has 0 spiro atoms. The third kappa shape index (κ3) is 5.26. The topological polar surface area (TPSA) is 83.4 Å². The van der Waals surface area contributed by atoms with E-state index in [1.165, 1.54) is 31.0 Å². The van der Waals surface area contributed by atoms with Gasteiger partial charge in [-0.3, -0.25) is 19.1 Å². The number of anilines is 2. The fourth-order valence-corrected chi connectivity index (χ4v) is 5.64. The van der Waals surface area contributed by atoms with Crippen LogP contribution in [0.1, 0.15) is 38.4 Å². The van der Waals surface area contributed by atoms with Crippen molar-refractivity contribution in [3.8, 4) is 5.69 Å². The third-order valence-electron chi connectivity index (χ3n) is 6.48. The van der Waals surface area contributed by atoms with Gasteiger partial charge in [-0.2, -0.15) is 0 Å². The van der Waals surface area contributed by atoms with Crippen molar-refractivity contribution in [1.82, 2.24) is 19.7 Å². The molecule has 2 aromatic carbocycles. The molecule has 8 nitrogen and oxygen atoms in total. The van der Waals surface area contributed by atoms with E-state index in [1.807, 2.05) is 61.5 Å². The van der Waals surface area contributed by atoms with Gasteiger partial charge in [0.1, 0.15) is 0 Å². The minimum atomic E-state index is -0.242. The summed E-state index contributed by atoms with van der Waals surface area (Å²) in [5.41, 5.74) is 2.38. The van der Waals surface area contributed by atoms with E-state index in [-0.39, 0.29) is 30.0 Å². The molecule has 2 aliphatic heterocycles. The molecule has 1 unspecified atom stereocenters. The highest BCUT2D eigenvalue weighted by Crippen LogP contribution is 2.32. The summed E-state index contributed by atoms with van der Waals surface area (Å²) >= 11 is 1.39. The van der Waals surface area contributed by atoms with Gasteiger partial charge >= 0.3 is 0 Å². The monoisotopic (exact) mass is 490 g/mol. The van der Waals surface area contributed by atoms with Gasteiger partial charge in [-0.1, -0.05) is 48.5 Å². The molecule has 2 aliphatic rings. The van der Waals surface area contributed by atoms with Crippen LogP contribution in [0.25, 0.3) is 5.69 Å². The van der Waals surface area contributed by atoms with Crippen LogP contribution in [-0.4, -0.2) is 56.4 Å². The summed E-state index contributed by atoms with van der Waals surface area (Å²) in [5.74, 6) is 0.934. The summed E-state index contributed by atoms with van der Waals surface area (Å²) in [6.45, 7) is 4.79. The molecule has 3 heterocycles. The van der Waals surface area contributed by atoms with Crippen LogP contribution in [0.2, 0.25) is 0 Å². The number of aromatic nitrogens is 3. The second kappa shape index (κ2) is 10.6. The molecule has 5 rings (SSSR count). The number of rotatable bonds is 6. The minimum Gasteiger partial charge on any atom is -0.324 e. The molecule has 1 saturated heterocycles. The number of likely N-dealkylation sites (tertiary alicyclic amines) is 1. The summed E-state index contributed by atoms with van der Waals surface area (Å²) in [4.78, 5) is 29.9. The Labute approximate surface area is 209 Å². The lowest BCUT2D eigenvalue weighted by Gasteiger charge is -2.27. The van der Waals surface area contributed by atoms with Crippen molar-refractivity contribution in [2.45, 2.75) is 50.4 Å². The predicted molar refractivity (Wildman–Crippen MR) is 138 cm³/mol. The lowest BCUT2D eigenvalue weighted by atomic mass is 10.1. The van der Waals surface area contributed by atoms with E-state index in [4.69, 9.17) is 0 Å². The number of hydrogen-bond donors (Lipinski definition) is 1. The highest BCUT2D eigenvalue weighted by Gasteiger charge is 2.30. The average molecular weight is 491 g/mol. The fraction of sp³-hybridized carbons (Fsp3) is 0.385. The first-order valence-electron chi connectivity index (χ1n) is 12.2. The molecule has 2 amide bonds. The van der Waals surface area contributed by atoms with Gasteiger partial charge in [0.2, 0.25) is 11.8 Å². The van der Waals surface area contributed by atoms with Gasteiger partial charge in [-0.15, -0.1) is 10.2 Å². The summed E-state index contributed by atoms with van der Waals surface area (Å²) in [7, 11) is 0. The highest BCUT2D eigenvalue weighted by molar-refractivity contribution is 7.99. The van der Waals surface area contributed by atoms with Crippen LogP contribution in [0.15, 0.2) is 59.8 Å². The summed E-state index contributed by atoms with van der Waals surface area (Å²) in [5, 5.41) is 12.6. The number of thioether (sulfide) groups is 1. The Balaban J connectivity index is 1.38. The van der Waals surface area contributed by atoms with Crippen molar-refractivity contribution in [2.24, 2.45) is 0 Å². The quantitative estimate of drug-likeness (QED) is 0.524. The number of hydrogen-bond acceptors (Lipinski definition) is 6. The smallest absolute Gasteiger partial charge is 0.237 e. The van der Waals surface area contributed by atoms with Crippen molar-refractivity contribution in [2.75, 3.05) is 29.1 Å². The van der Waals surface area contributed by atoms with Crippen molar-refractivity contribution >= 4 is 35.0 Å². The summed E-state index contributed by atoms with van der Waals surface area (Å²) in [6, 6.07) is 17.3. The maximum Gasteiger partial charge on any atom is 0.237 e. The highest BCUT2D eigenvalue weighted by atomic mass is 32.2. The molecular weight excluding hydrogens is 460 g/mol. The maximum absolute atomic E-state index is 13.5. The van der Waals surface area contributed by atoms with Crippen LogP contribution >= 0.6 is 11.8 Å². The number of carbonyl (C=O) groups excluding carboxylic acids is 2. The molecule has 182 valence electrons. The Morgan fingerprint density at radius 2 is 1.77 bits per heavy atom. The Morgan fingerprint density at radius 1 is 1.03 bits per heavy atom. The molecule has 0 radical (unpaired) electrons. The van der Waals surface area contributed by atoms with E-state index >= 15 is 0 Å². The lowest BCUT2D eigenvalue weighted by Crippen LogP contribution is -2.40. The van der Waals surface area contributed by atoms with Crippen LogP contribution in [0, 0.1) is 0 Å². The van der Waals surface area contributed by atoms with Crippen LogP contribution < -0.4 is 10.2 Å². The van der Waals surface area contributed by atoms with Crippen molar-refractivity contribution in [1.29, 1.82) is 0 Å². The zero-order chi connectivity index (χ0) is 24.2. The number of fused-ring (bicyclic) bond motifs is 1. The first-order chi connectivity index (χ1) is 17.1. The number of carbonyl (C=O) groups is 2. The molecule has 1 aromatic heterocycles. The van der Waals surface area contributed by atoms with Gasteiger partial charge in [0.25, 0.3) is 0 Å². The molecule has 1 fully saturated rings. The van der Waals surface area contributed by atoms with Crippen LogP contribution in [0.3, 0.4) is 0 Å². The first-order valence-corrected chi connectivity index (χ1v) is 13.1. The molecule has 1 N–H and O–H groups in total. The van der Waals surface area contributed by atoms with Gasteiger partial charge in [0, 0.05) is 18.2 Å². The van der Waals surface area contributed by atoms with Gasteiger partial charge in [-0.25, -0.2) is 0 Å². The Hall–Kier alpha value is -3.17. The number of amides is 2. The van der Waals surface area contributed by atoms with E-state index in [0.717, 1.165) is 36.8 Å². The molecule has 9 heteroatoms. The van der Waals surface area contributed by atoms with Gasteiger partial charge in [0.05, 0.1) is 23.7 Å². The molecule has 0 bridgehead atoms. The van der Waals surface area contributed by atoms with E-state index in [9.17, 15) is 9.59 Å². The third-order valence-corrected chi connectivity index (χ3v) is 7.39. The van der Waals surface area contributed by atoms with Crippen molar-refractivity contribution in [3.63, 3.8) is 0 Å². The van der Waals surface area contributed by atoms with E-state index in [1.54, 1.807) is 4.90 Å². The molecule has 35 heavy (non-hydrogen) atoms. The maximum atomic E-state index is 13.5. The lowest BCUT2D eigenvalue weighted by molar-refractivity contribution is -0.117. The number of benzene rings is 2. The Morgan fingerprint density at radius 3 is 2.57 bits per heavy atom. The van der Waals surface area contributed by atoms with Crippen LogP contribution in [0.5, 0.6) is 0 Å². The Kier molecular flexibility index (Phi) is 7.15. The second-order valence-corrected chi connectivity index (χ2v) is 10.0. The molecular formula is C26H30N6O2S. The first kappa shape index (κ1) is 23.6. The minimum absolute atomic E-state index is 0.0633. The van der Waals surface area contributed by atoms with E-state index < -0.39 is 0 Å². The molecule has 0 saturated carbocycles. The van der Waals surface area contributed by atoms with E-state index in [0.29, 0.717) is 10.8 Å². The van der Waals surface area contributed by atoms with Crippen LogP contribution in [-0.2, 0) is 16.1 Å². The Bertz CT molecular complexity index is 1190. The summed E-state index contributed by atoms with van der Waals surface area (Å²) in [6.07, 6.45) is 3.96. The average Bonchev–Trinajstić information content (AvgIpc) is 3.21. The SMILES string of the molecule is CC1CC(=O)Nc2ccccc2N1C(=O)CSc1nnc(CN2CCCCC2)n1-c1ccccc1.